The summed E-state index contributed by atoms with van der Waals surface area (Å²) >= 11 is 0. The maximum atomic E-state index is 6.22. The van der Waals surface area contributed by atoms with E-state index in [1.807, 2.05) is 0 Å². The van der Waals surface area contributed by atoms with Crippen LogP contribution in [0.3, 0.4) is 0 Å². The highest BCUT2D eigenvalue weighted by Gasteiger charge is 2.24. The molecule has 2 heteroatoms. The molecule has 3 N–H and O–H groups in total. The smallest absolute Gasteiger partial charge is 0.0331 e. The van der Waals surface area contributed by atoms with Crippen molar-refractivity contribution in [3.63, 3.8) is 0 Å². The minimum absolute atomic E-state index is 0.209. The van der Waals surface area contributed by atoms with Gasteiger partial charge in [0.15, 0.2) is 0 Å². The first kappa shape index (κ1) is 10.5. The average Bonchev–Trinajstić information content (AvgIpc) is 2.39. The third kappa shape index (κ3) is 2.15. The third-order valence-corrected chi connectivity index (χ3v) is 3.24. The zero-order chi connectivity index (χ0) is 10.8. The van der Waals surface area contributed by atoms with Gasteiger partial charge in [-0.05, 0) is 25.3 Å². The Kier molecular flexibility index (Phi) is 2.96. The van der Waals surface area contributed by atoms with Crippen molar-refractivity contribution < 1.29 is 0 Å². The molecule has 0 aromatic carbocycles. The van der Waals surface area contributed by atoms with E-state index in [4.69, 9.17) is 5.73 Å². The lowest BCUT2D eigenvalue weighted by Crippen LogP contribution is -2.42. The van der Waals surface area contributed by atoms with Crippen LogP contribution in [0, 0.1) is 0 Å². The highest BCUT2D eigenvalue weighted by atomic mass is 15.0. The second-order valence-electron chi connectivity index (χ2n) is 4.52. The first-order chi connectivity index (χ1) is 7.20. The van der Waals surface area contributed by atoms with E-state index in [9.17, 15) is 0 Å². The van der Waals surface area contributed by atoms with Crippen LogP contribution >= 0.6 is 0 Å². The van der Waals surface area contributed by atoms with Crippen LogP contribution in [0.25, 0.3) is 0 Å². The van der Waals surface area contributed by atoms with Crippen molar-refractivity contribution in [2.24, 2.45) is 5.73 Å². The second kappa shape index (κ2) is 4.23. The molecule has 0 saturated heterocycles. The third-order valence-electron chi connectivity index (χ3n) is 3.24. The van der Waals surface area contributed by atoms with E-state index >= 15 is 0 Å². The molecule has 2 aliphatic rings. The van der Waals surface area contributed by atoms with Crippen molar-refractivity contribution in [1.82, 2.24) is 5.32 Å². The number of rotatable bonds is 1. The van der Waals surface area contributed by atoms with Crippen LogP contribution in [0.15, 0.2) is 35.1 Å². The Hall–Kier alpha value is -1.02. The summed E-state index contributed by atoms with van der Waals surface area (Å²) in [5.74, 6) is 0. The quantitative estimate of drug-likeness (QED) is 0.687. The lowest BCUT2D eigenvalue weighted by atomic mass is 9.91. The van der Waals surface area contributed by atoms with Crippen LogP contribution in [0.1, 0.15) is 33.1 Å². The summed E-state index contributed by atoms with van der Waals surface area (Å²) in [4.78, 5) is 0. The van der Waals surface area contributed by atoms with Gasteiger partial charge in [0.2, 0.25) is 0 Å². The van der Waals surface area contributed by atoms with Crippen molar-refractivity contribution in [3.8, 4) is 0 Å². The van der Waals surface area contributed by atoms with Gasteiger partial charge in [0, 0.05) is 24.2 Å². The summed E-state index contributed by atoms with van der Waals surface area (Å²) in [6.45, 7) is 4.34. The standard InChI is InChI=1S/C13H20N2/c1-3-10-8-12(14)11-7-9(2)5-4-6-13(11)15-10/h4-5,7,10,12,15H,3,6,8,14H2,1-2H3. The van der Waals surface area contributed by atoms with Crippen molar-refractivity contribution in [1.29, 1.82) is 0 Å². The highest BCUT2D eigenvalue weighted by Crippen LogP contribution is 2.25. The number of nitrogens with two attached hydrogens (primary N) is 1. The fraction of sp³-hybridized carbons (Fsp3) is 0.538. The zero-order valence-electron chi connectivity index (χ0n) is 9.59. The Balaban J connectivity index is 2.30. The Morgan fingerprint density at radius 2 is 2.33 bits per heavy atom. The Morgan fingerprint density at radius 1 is 1.53 bits per heavy atom. The predicted molar refractivity (Wildman–Crippen MR) is 64.3 cm³/mol. The van der Waals surface area contributed by atoms with Gasteiger partial charge in [0.25, 0.3) is 0 Å². The summed E-state index contributed by atoms with van der Waals surface area (Å²) in [6, 6.07) is 0.764. The van der Waals surface area contributed by atoms with Gasteiger partial charge in [-0.2, -0.15) is 0 Å². The molecule has 2 rings (SSSR count). The van der Waals surface area contributed by atoms with Crippen LogP contribution < -0.4 is 11.1 Å². The molecule has 2 nitrogen and oxygen atoms in total. The van der Waals surface area contributed by atoms with Crippen molar-refractivity contribution in [2.75, 3.05) is 0 Å². The molecule has 0 bridgehead atoms. The zero-order valence-corrected chi connectivity index (χ0v) is 9.59. The topological polar surface area (TPSA) is 38.0 Å². The molecule has 0 saturated carbocycles. The first-order valence-electron chi connectivity index (χ1n) is 5.80. The van der Waals surface area contributed by atoms with E-state index in [1.54, 1.807) is 0 Å². The maximum Gasteiger partial charge on any atom is 0.0331 e. The van der Waals surface area contributed by atoms with Crippen LogP contribution in [0.4, 0.5) is 0 Å². The maximum absolute atomic E-state index is 6.22. The molecule has 2 unspecified atom stereocenters. The molecular weight excluding hydrogens is 184 g/mol. The monoisotopic (exact) mass is 204 g/mol. The van der Waals surface area contributed by atoms with E-state index in [0.717, 1.165) is 19.3 Å². The van der Waals surface area contributed by atoms with E-state index in [0.29, 0.717) is 6.04 Å². The fourth-order valence-electron chi connectivity index (χ4n) is 2.34. The first-order valence-corrected chi connectivity index (χ1v) is 5.80. The van der Waals surface area contributed by atoms with Gasteiger partial charge in [0.05, 0.1) is 0 Å². The molecule has 0 spiro atoms. The molecule has 0 aromatic heterocycles. The number of nitrogens with one attached hydrogen (secondary N) is 1. The minimum Gasteiger partial charge on any atom is -0.385 e. The van der Waals surface area contributed by atoms with Crippen molar-refractivity contribution >= 4 is 0 Å². The van der Waals surface area contributed by atoms with E-state index in [1.165, 1.54) is 16.8 Å². The summed E-state index contributed by atoms with van der Waals surface area (Å²) in [5.41, 5.74) is 10.2. The van der Waals surface area contributed by atoms with Gasteiger partial charge in [0.1, 0.15) is 0 Å². The molecular formula is C13H20N2. The Bertz CT molecular complexity index is 336. The number of hydrogen-bond donors (Lipinski definition) is 2. The molecule has 0 aromatic rings. The molecule has 1 heterocycles. The second-order valence-corrected chi connectivity index (χ2v) is 4.52. The van der Waals surface area contributed by atoms with Gasteiger partial charge < -0.3 is 11.1 Å². The van der Waals surface area contributed by atoms with Crippen molar-refractivity contribution in [3.05, 3.63) is 35.1 Å². The average molecular weight is 204 g/mol. The van der Waals surface area contributed by atoms with Gasteiger partial charge in [-0.3, -0.25) is 0 Å². The molecule has 82 valence electrons. The Labute approximate surface area is 91.9 Å². The summed E-state index contributed by atoms with van der Waals surface area (Å²) < 4.78 is 0. The van der Waals surface area contributed by atoms with Gasteiger partial charge in [-0.25, -0.2) is 0 Å². The normalized spacial score (nSPS) is 30.5. The number of hydrogen-bond acceptors (Lipinski definition) is 2. The highest BCUT2D eigenvalue weighted by molar-refractivity contribution is 5.40. The predicted octanol–water partition coefficient (Wildman–Crippen LogP) is 2.25. The lowest BCUT2D eigenvalue weighted by molar-refractivity contribution is 0.447. The largest absolute Gasteiger partial charge is 0.385 e. The van der Waals surface area contributed by atoms with E-state index in [-0.39, 0.29) is 6.04 Å². The lowest BCUT2D eigenvalue weighted by Gasteiger charge is -2.31. The minimum atomic E-state index is 0.209. The summed E-state index contributed by atoms with van der Waals surface area (Å²) in [5, 5.41) is 3.60. The molecule has 1 aliphatic carbocycles. The summed E-state index contributed by atoms with van der Waals surface area (Å²) in [6.07, 6.45) is 9.81. The van der Waals surface area contributed by atoms with Crippen LogP contribution in [-0.2, 0) is 0 Å². The molecule has 0 fully saturated rings. The molecule has 0 amide bonds. The number of allylic oxidation sites excluding steroid dienone is 3. The Morgan fingerprint density at radius 3 is 3.07 bits per heavy atom. The SMILES string of the molecule is CCC1CC(N)C2=C(CC=CC(C)=C2)N1. The molecule has 1 aliphatic heterocycles. The van der Waals surface area contributed by atoms with Crippen molar-refractivity contribution in [2.45, 2.75) is 45.2 Å². The molecule has 0 radical (unpaired) electrons. The molecule has 15 heavy (non-hydrogen) atoms. The van der Waals surface area contributed by atoms with Gasteiger partial charge in [-0.1, -0.05) is 30.7 Å². The van der Waals surface area contributed by atoms with Crippen LogP contribution in [-0.4, -0.2) is 12.1 Å². The van der Waals surface area contributed by atoms with Gasteiger partial charge >= 0.3 is 0 Å². The van der Waals surface area contributed by atoms with E-state index in [2.05, 4.69) is 37.4 Å². The van der Waals surface area contributed by atoms with Crippen LogP contribution in [0.5, 0.6) is 0 Å². The fourth-order valence-corrected chi connectivity index (χ4v) is 2.34. The van der Waals surface area contributed by atoms with Crippen LogP contribution in [0.2, 0.25) is 0 Å². The van der Waals surface area contributed by atoms with E-state index < -0.39 is 0 Å². The summed E-state index contributed by atoms with van der Waals surface area (Å²) in [7, 11) is 0. The molecule has 2 atom stereocenters. The van der Waals surface area contributed by atoms with Gasteiger partial charge in [-0.15, -0.1) is 0 Å².